The predicted octanol–water partition coefficient (Wildman–Crippen LogP) is 4.70. The van der Waals surface area contributed by atoms with Crippen LogP contribution in [0, 0.1) is 0 Å². The molecule has 1 fully saturated rings. The van der Waals surface area contributed by atoms with Crippen LogP contribution in [0.4, 0.5) is 5.69 Å². The number of hydrogen-bond acceptors (Lipinski definition) is 6. The normalized spacial score (nSPS) is 14.7. The summed E-state index contributed by atoms with van der Waals surface area (Å²) in [6.07, 6.45) is 2.59. The van der Waals surface area contributed by atoms with E-state index in [-0.39, 0.29) is 22.8 Å². The lowest BCUT2D eigenvalue weighted by Crippen LogP contribution is -2.27. The SMILES string of the molecule is CCOc1ccccc1NC(=O)[C@H](CC)Sc1nc2ccsc2c(=O)n1C1CC1. The highest BCUT2D eigenvalue weighted by Crippen LogP contribution is 2.38. The van der Waals surface area contributed by atoms with Crippen LogP contribution in [0.3, 0.4) is 0 Å². The van der Waals surface area contributed by atoms with Crippen LogP contribution in [-0.2, 0) is 4.79 Å². The van der Waals surface area contributed by atoms with Gasteiger partial charge in [0.2, 0.25) is 5.91 Å². The van der Waals surface area contributed by atoms with E-state index >= 15 is 0 Å². The first-order valence-corrected chi connectivity index (χ1v) is 11.6. The molecule has 0 bridgehead atoms. The quantitative estimate of drug-likeness (QED) is 0.415. The van der Waals surface area contributed by atoms with Crippen LogP contribution in [0.1, 0.15) is 39.2 Å². The Morgan fingerprint density at radius 1 is 1.34 bits per heavy atom. The van der Waals surface area contributed by atoms with Crippen LogP contribution in [0.2, 0.25) is 0 Å². The zero-order valence-electron chi connectivity index (χ0n) is 16.4. The molecule has 1 aliphatic carbocycles. The molecule has 1 saturated carbocycles. The van der Waals surface area contributed by atoms with Crippen LogP contribution in [0.25, 0.3) is 10.2 Å². The number of para-hydroxylation sites is 2. The van der Waals surface area contributed by atoms with Crippen LogP contribution < -0.4 is 15.6 Å². The number of anilines is 1. The molecule has 0 unspecified atom stereocenters. The first-order chi connectivity index (χ1) is 14.1. The van der Waals surface area contributed by atoms with Gasteiger partial charge < -0.3 is 10.1 Å². The van der Waals surface area contributed by atoms with Gasteiger partial charge >= 0.3 is 0 Å². The number of amides is 1. The zero-order valence-corrected chi connectivity index (χ0v) is 18.0. The number of rotatable bonds is 8. The molecule has 0 saturated heterocycles. The fourth-order valence-corrected chi connectivity index (χ4v) is 5.01. The van der Waals surface area contributed by atoms with Crippen molar-refractivity contribution >= 4 is 44.9 Å². The van der Waals surface area contributed by atoms with Crippen molar-refractivity contribution in [2.24, 2.45) is 0 Å². The zero-order chi connectivity index (χ0) is 20.4. The monoisotopic (exact) mass is 429 g/mol. The number of thiophene rings is 1. The van der Waals surface area contributed by atoms with E-state index in [0.29, 0.717) is 39.8 Å². The van der Waals surface area contributed by atoms with E-state index in [4.69, 9.17) is 9.72 Å². The van der Waals surface area contributed by atoms with Gasteiger partial charge in [0.1, 0.15) is 10.4 Å². The maximum Gasteiger partial charge on any atom is 0.272 e. The number of benzene rings is 1. The van der Waals surface area contributed by atoms with Gasteiger partial charge in [0, 0.05) is 6.04 Å². The molecule has 1 aliphatic rings. The Morgan fingerprint density at radius 2 is 2.14 bits per heavy atom. The highest BCUT2D eigenvalue weighted by atomic mass is 32.2. The van der Waals surface area contributed by atoms with Gasteiger partial charge in [0.25, 0.3) is 5.56 Å². The molecule has 8 heteroatoms. The average molecular weight is 430 g/mol. The summed E-state index contributed by atoms with van der Waals surface area (Å²) in [5, 5.41) is 5.13. The van der Waals surface area contributed by atoms with Gasteiger partial charge in [-0.2, -0.15) is 0 Å². The van der Waals surface area contributed by atoms with E-state index in [1.165, 1.54) is 23.1 Å². The Kier molecular flexibility index (Phi) is 5.91. The minimum absolute atomic E-state index is 0.00644. The standard InChI is InChI=1S/C21H23N3O3S2/c1-3-17(19(25)22-14-7-5-6-8-16(14)27-4-2)29-21-23-15-11-12-28-18(15)20(26)24(21)13-9-10-13/h5-8,11-13,17H,3-4,9-10H2,1-2H3,(H,22,25)/t17-/m0/s1. The molecule has 2 heterocycles. The van der Waals surface area contributed by atoms with Crippen molar-refractivity contribution in [3.05, 3.63) is 46.1 Å². The smallest absolute Gasteiger partial charge is 0.272 e. The number of nitrogens with one attached hydrogen (secondary N) is 1. The van der Waals surface area contributed by atoms with Crippen molar-refractivity contribution in [3.63, 3.8) is 0 Å². The van der Waals surface area contributed by atoms with Gasteiger partial charge in [-0.05, 0) is 49.8 Å². The number of hydrogen-bond donors (Lipinski definition) is 1. The summed E-state index contributed by atoms with van der Waals surface area (Å²) in [6, 6.07) is 9.47. The topological polar surface area (TPSA) is 73.2 Å². The van der Waals surface area contributed by atoms with Gasteiger partial charge in [-0.15, -0.1) is 11.3 Å². The van der Waals surface area contributed by atoms with Crippen LogP contribution in [-0.4, -0.2) is 27.3 Å². The molecule has 4 rings (SSSR count). The van der Waals surface area contributed by atoms with Crippen molar-refractivity contribution in [1.29, 1.82) is 0 Å². The number of ether oxygens (including phenoxy) is 1. The molecular formula is C21H23N3O3S2. The van der Waals surface area contributed by atoms with Crippen molar-refractivity contribution in [2.45, 2.75) is 49.6 Å². The number of fused-ring (bicyclic) bond motifs is 1. The third-order valence-corrected chi connectivity index (χ3v) is 6.97. The van der Waals surface area contributed by atoms with Crippen molar-refractivity contribution in [3.8, 4) is 5.75 Å². The van der Waals surface area contributed by atoms with E-state index in [2.05, 4.69) is 5.32 Å². The van der Waals surface area contributed by atoms with Crippen molar-refractivity contribution in [1.82, 2.24) is 9.55 Å². The molecule has 1 N–H and O–H groups in total. The number of aromatic nitrogens is 2. The molecule has 29 heavy (non-hydrogen) atoms. The molecular weight excluding hydrogens is 406 g/mol. The fraction of sp³-hybridized carbons (Fsp3) is 0.381. The highest BCUT2D eigenvalue weighted by Gasteiger charge is 2.31. The minimum atomic E-state index is -0.363. The molecule has 152 valence electrons. The molecule has 1 aromatic carbocycles. The Bertz CT molecular complexity index is 1090. The van der Waals surface area contributed by atoms with Crippen molar-refractivity contribution in [2.75, 3.05) is 11.9 Å². The first kappa shape index (κ1) is 20.0. The second-order valence-corrected chi connectivity index (χ2v) is 8.95. The summed E-state index contributed by atoms with van der Waals surface area (Å²) in [5.74, 6) is 0.530. The lowest BCUT2D eigenvalue weighted by atomic mass is 10.2. The Labute approximate surface area is 177 Å². The van der Waals surface area contributed by atoms with Crippen LogP contribution in [0.15, 0.2) is 45.7 Å². The maximum absolute atomic E-state index is 13.0. The first-order valence-electron chi connectivity index (χ1n) is 9.81. The number of carbonyl (C=O) groups is 1. The van der Waals surface area contributed by atoms with Crippen molar-refractivity contribution < 1.29 is 9.53 Å². The van der Waals surface area contributed by atoms with Gasteiger partial charge in [-0.25, -0.2) is 4.98 Å². The Hall–Kier alpha value is -2.32. The van der Waals surface area contributed by atoms with E-state index < -0.39 is 0 Å². The highest BCUT2D eigenvalue weighted by molar-refractivity contribution is 8.00. The van der Waals surface area contributed by atoms with Crippen LogP contribution >= 0.6 is 23.1 Å². The van der Waals surface area contributed by atoms with E-state index in [1.807, 2.05) is 49.6 Å². The molecule has 1 atom stereocenters. The summed E-state index contributed by atoms with van der Waals surface area (Å²) in [7, 11) is 0. The summed E-state index contributed by atoms with van der Waals surface area (Å²) in [6.45, 7) is 4.40. The lowest BCUT2D eigenvalue weighted by molar-refractivity contribution is -0.115. The summed E-state index contributed by atoms with van der Waals surface area (Å²) < 4.78 is 8.08. The molecule has 1 amide bonds. The molecule has 6 nitrogen and oxygen atoms in total. The van der Waals surface area contributed by atoms with Gasteiger partial charge in [0.15, 0.2) is 5.16 Å². The number of carbonyl (C=O) groups excluding carboxylic acids is 1. The largest absolute Gasteiger partial charge is 0.492 e. The third kappa shape index (κ3) is 4.18. The summed E-state index contributed by atoms with van der Waals surface area (Å²) in [5.41, 5.74) is 1.36. The third-order valence-electron chi connectivity index (χ3n) is 4.75. The molecule has 2 aromatic heterocycles. The molecule has 0 radical (unpaired) electrons. The molecule has 0 aliphatic heterocycles. The second kappa shape index (κ2) is 8.59. The summed E-state index contributed by atoms with van der Waals surface area (Å²) >= 11 is 2.79. The minimum Gasteiger partial charge on any atom is -0.492 e. The van der Waals surface area contributed by atoms with Gasteiger partial charge in [0.05, 0.1) is 23.1 Å². The van der Waals surface area contributed by atoms with Crippen LogP contribution in [0.5, 0.6) is 5.75 Å². The van der Waals surface area contributed by atoms with E-state index in [0.717, 1.165) is 12.8 Å². The number of thioether (sulfide) groups is 1. The molecule has 3 aromatic rings. The Morgan fingerprint density at radius 3 is 2.86 bits per heavy atom. The van der Waals surface area contributed by atoms with E-state index in [1.54, 1.807) is 4.57 Å². The Balaban J connectivity index is 1.60. The number of nitrogens with zero attached hydrogens (tertiary/aromatic N) is 2. The average Bonchev–Trinajstić information content (AvgIpc) is 3.43. The fourth-order valence-electron chi connectivity index (χ4n) is 3.16. The van der Waals surface area contributed by atoms with Gasteiger partial charge in [-0.1, -0.05) is 30.8 Å². The lowest BCUT2D eigenvalue weighted by Gasteiger charge is -2.18. The second-order valence-electron chi connectivity index (χ2n) is 6.87. The van der Waals surface area contributed by atoms with E-state index in [9.17, 15) is 9.59 Å². The molecule has 0 spiro atoms. The maximum atomic E-state index is 13.0. The summed E-state index contributed by atoms with van der Waals surface area (Å²) in [4.78, 5) is 30.7. The van der Waals surface area contributed by atoms with Gasteiger partial charge in [-0.3, -0.25) is 14.2 Å². The predicted molar refractivity (Wildman–Crippen MR) is 118 cm³/mol.